The van der Waals surface area contributed by atoms with E-state index in [1.54, 1.807) is 10.6 Å². The van der Waals surface area contributed by atoms with E-state index < -0.39 is 5.97 Å². The molecule has 0 bridgehead atoms. The van der Waals surface area contributed by atoms with Crippen LogP contribution in [0.1, 0.15) is 29.4 Å². The van der Waals surface area contributed by atoms with Gasteiger partial charge in [0.15, 0.2) is 0 Å². The van der Waals surface area contributed by atoms with Crippen LogP contribution in [-0.2, 0) is 0 Å². The van der Waals surface area contributed by atoms with Crippen molar-refractivity contribution < 1.29 is 14.3 Å². The summed E-state index contributed by atoms with van der Waals surface area (Å²) in [6, 6.07) is 7.50. The Morgan fingerprint density at radius 2 is 2.05 bits per heavy atom. The lowest BCUT2D eigenvalue weighted by molar-refractivity contribution is 0.0685. The minimum Gasteiger partial charge on any atom is -0.477 e. The third-order valence-electron chi connectivity index (χ3n) is 3.25. The second-order valence-corrected chi connectivity index (χ2v) is 5.04. The van der Waals surface area contributed by atoms with Gasteiger partial charge in [-0.2, -0.15) is 0 Å². The van der Waals surface area contributed by atoms with E-state index >= 15 is 0 Å². The van der Waals surface area contributed by atoms with Crippen molar-refractivity contribution in [1.29, 1.82) is 0 Å². The second kappa shape index (κ2) is 4.38. The molecule has 1 fully saturated rings. The molecule has 0 radical (unpaired) electrons. The first-order chi connectivity index (χ1) is 9.08. The number of benzene rings is 1. The maximum Gasteiger partial charge on any atom is 0.352 e. The molecule has 98 valence electrons. The van der Waals surface area contributed by atoms with E-state index in [1.807, 2.05) is 0 Å². The molecule has 2 aromatic rings. The van der Waals surface area contributed by atoms with Crippen LogP contribution in [0.3, 0.4) is 0 Å². The number of hydrogen-bond donors (Lipinski definition) is 1. The average Bonchev–Trinajstić information content (AvgIpc) is 3.11. The minimum absolute atomic E-state index is 0.176. The smallest absolute Gasteiger partial charge is 0.352 e. The number of halogens is 2. The van der Waals surface area contributed by atoms with E-state index in [9.17, 15) is 14.3 Å². The van der Waals surface area contributed by atoms with Crippen molar-refractivity contribution in [2.75, 3.05) is 0 Å². The van der Waals surface area contributed by atoms with Crippen LogP contribution in [0.15, 0.2) is 30.3 Å². The van der Waals surface area contributed by atoms with Gasteiger partial charge in [-0.05, 0) is 43.2 Å². The normalized spacial score (nSPS) is 14.6. The third kappa shape index (κ3) is 2.12. The van der Waals surface area contributed by atoms with Crippen molar-refractivity contribution in [2.24, 2.45) is 0 Å². The van der Waals surface area contributed by atoms with Gasteiger partial charge in [-0.1, -0.05) is 11.6 Å². The number of carbonyl (C=O) groups is 1. The maximum atomic E-state index is 13.4. The molecule has 1 aliphatic carbocycles. The predicted octanol–water partition coefficient (Wildman–Crippen LogP) is 3.98. The molecule has 0 amide bonds. The Hall–Kier alpha value is -1.81. The van der Waals surface area contributed by atoms with Gasteiger partial charge in [-0.3, -0.25) is 0 Å². The molecule has 5 heteroatoms. The first-order valence-electron chi connectivity index (χ1n) is 5.98. The van der Waals surface area contributed by atoms with Crippen LogP contribution in [0.5, 0.6) is 0 Å². The van der Waals surface area contributed by atoms with Gasteiger partial charge in [0.2, 0.25) is 0 Å². The molecule has 0 atom stereocenters. The highest BCUT2D eigenvalue weighted by molar-refractivity contribution is 6.33. The molecule has 1 aliphatic rings. The van der Waals surface area contributed by atoms with Crippen LogP contribution in [0.4, 0.5) is 4.39 Å². The molecule has 1 saturated carbocycles. The van der Waals surface area contributed by atoms with Crippen molar-refractivity contribution in [1.82, 2.24) is 4.57 Å². The highest BCUT2D eigenvalue weighted by atomic mass is 35.5. The summed E-state index contributed by atoms with van der Waals surface area (Å²) in [6.45, 7) is 0. The minimum atomic E-state index is -0.981. The molecular weight excluding hydrogens is 269 g/mol. The summed E-state index contributed by atoms with van der Waals surface area (Å²) in [5.74, 6) is -1.37. The topological polar surface area (TPSA) is 42.2 Å². The Kier molecular flexibility index (Phi) is 2.82. The Morgan fingerprint density at radius 1 is 1.32 bits per heavy atom. The molecular formula is C14H11ClFNO2. The number of aromatic nitrogens is 1. The zero-order valence-corrected chi connectivity index (χ0v) is 10.7. The SMILES string of the molecule is O=C(O)c1ccc(-c2cc(F)ccc2Cl)n1C1CC1. The van der Waals surface area contributed by atoms with Crippen molar-refractivity contribution in [3.8, 4) is 11.3 Å². The third-order valence-corrected chi connectivity index (χ3v) is 3.58. The van der Waals surface area contributed by atoms with Crippen molar-refractivity contribution in [2.45, 2.75) is 18.9 Å². The number of nitrogens with zero attached hydrogens (tertiary/aromatic N) is 1. The quantitative estimate of drug-likeness (QED) is 0.923. The number of carboxylic acids is 1. The fourth-order valence-electron chi connectivity index (χ4n) is 2.26. The molecule has 1 heterocycles. The van der Waals surface area contributed by atoms with Gasteiger partial charge >= 0.3 is 5.97 Å². The van der Waals surface area contributed by atoms with Crippen LogP contribution in [-0.4, -0.2) is 15.6 Å². The van der Waals surface area contributed by atoms with Gasteiger partial charge in [0.25, 0.3) is 0 Å². The fourth-order valence-corrected chi connectivity index (χ4v) is 2.48. The highest BCUT2D eigenvalue weighted by Gasteiger charge is 2.30. The lowest BCUT2D eigenvalue weighted by atomic mass is 10.1. The zero-order chi connectivity index (χ0) is 13.6. The van der Waals surface area contributed by atoms with Gasteiger partial charge in [-0.25, -0.2) is 9.18 Å². The largest absolute Gasteiger partial charge is 0.477 e. The summed E-state index contributed by atoms with van der Waals surface area (Å²) in [6.07, 6.45) is 1.88. The molecule has 1 aromatic heterocycles. The monoisotopic (exact) mass is 279 g/mol. The van der Waals surface area contributed by atoms with E-state index in [-0.39, 0.29) is 17.6 Å². The van der Waals surface area contributed by atoms with E-state index in [1.165, 1.54) is 24.3 Å². The summed E-state index contributed by atoms with van der Waals surface area (Å²) in [4.78, 5) is 11.2. The van der Waals surface area contributed by atoms with Crippen LogP contribution >= 0.6 is 11.6 Å². The van der Waals surface area contributed by atoms with Gasteiger partial charge in [0.1, 0.15) is 11.5 Å². The molecule has 0 spiro atoms. The molecule has 0 unspecified atom stereocenters. The van der Waals surface area contributed by atoms with Gasteiger partial charge < -0.3 is 9.67 Å². The molecule has 19 heavy (non-hydrogen) atoms. The summed E-state index contributed by atoms with van der Waals surface area (Å²) in [5, 5.41) is 9.61. The van der Waals surface area contributed by atoms with Crippen LogP contribution in [0.25, 0.3) is 11.3 Å². The van der Waals surface area contributed by atoms with E-state index in [2.05, 4.69) is 0 Å². The molecule has 1 aromatic carbocycles. The van der Waals surface area contributed by atoms with E-state index in [0.29, 0.717) is 16.3 Å². The summed E-state index contributed by atoms with van der Waals surface area (Å²) < 4.78 is 15.1. The van der Waals surface area contributed by atoms with E-state index in [4.69, 9.17) is 11.6 Å². The fraction of sp³-hybridized carbons (Fsp3) is 0.214. The number of rotatable bonds is 3. The van der Waals surface area contributed by atoms with E-state index in [0.717, 1.165) is 12.8 Å². The molecule has 0 saturated heterocycles. The Bertz CT molecular complexity index is 661. The maximum absolute atomic E-state index is 13.4. The second-order valence-electron chi connectivity index (χ2n) is 4.63. The average molecular weight is 280 g/mol. The van der Waals surface area contributed by atoms with Gasteiger partial charge in [0, 0.05) is 11.6 Å². The van der Waals surface area contributed by atoms with Crippen molar-refractivity contribution in [3.05, 3.63) is 46.9 Å². The van der Waals surface area contributed by atoms with Crippen LogP contribution in [0.2, 0.25) is 5.02 Å². The number of aromatic carboxylic acids is 1. The Balaban J connectivity index is 2.20. The first-order valence-corrected chi connectivity index (χ1v) is 6.35. The lowest BCUT2D eigenvalue weighted by Gasteiger charge is -2.11. The highest BCUT2D eigenvalue weighted by Crippen LogP contribution is 2.41. The molecule has 1 N–H and O–H groups in total. The Morgan fingerprint density at radius 3 is 2.68 bits per heavy atom. The Labute approximate surface area is 114 Å². The van der Waals surface area contributed by atoms with Gasteiger partial charge in [-0.15, -0.1) is 0 Å². The summed E-state index contributed by atoms with van der Waals surface area (Å²) in [5.41, 5.74) is 1.41. The summed E-state index contributed by atoms with van der Waals surface area (Å²) >= 11 is 6.09. The van der Waals surface area contributed by atoms with Crippen molar-refractivity contribution in [3.63, 3.8) is 0 Å². The number of carboxylic acid groups (broad SMARTS) is 1. The predicted molar refractivity (Wildman–Crippen MR) is 70.1 cm³/mol. The first kappa shape index (κ1) is 12.2. The van der Waals surface area contributed by atoms with Crippen molar-refractivity contribution >= 4 is 17.6 Å². The summed E-state index contributed by atoms with van der Waals surface area (Å²) in [7, 11) is 0. The zero-order valence-electron chi connectivity index (χ0n) is 9.94. The van der Waals surface area contributed by atoms with Gasteiger partial charge in [0.05, 0.1) is 10.7 Å². The number of hydrogen-bond acceptors (Lipinski definition) is 1. The molecule has 3 nitrogen and oxygen atoms in total. The van der Waals surface area contributed by atoms with Crippen LogP contribution in [0, 0.1) is 5.82 Å². The standard InChI is InChI=1S/C14H11ClFNO2/c15-11-4-1-8(16)7-10(11)12-5-6-13(14(18)19)17(12)9-2-3-9/h1,4-7,9H,2-3H2,(H,18,19). The molecule has 3 rings (SSSR count). The lowest BCUT2D eigenvalue weighted by Crippen LogP contribution is -2.08. The molecule has 0 aliphatic heterocycles. The van der Waals surface area contributed by atoms with Crippen LogP contribution < -0.4 is 0 Å².